The van der Waals surface area contributed by atoms with Crippen LogP contribution < -0.4 is 0 Å². The fourth-order valence-electron chi connectivity index (χ4n) is 21.3. The molecule has 9 heteroatoms. The second-order valence-electron chi connectivity index (χ2n) is 36.6. The van der Waals surface area contributed by atoms with E-state index in [0.717, 1.165) is 107 Å². The molecular formula is C134H83F2N7. The van der Waals surface area contributed by atoms with Gasteiger partial charge in [0.2, 0.25) is 0 Å². The van der Waals surface area contributed by atoms with Gasteiger partial charge in [0, 0.05) is 45.9 Å². The molecule has 0 aliphatic carbocycles. The maximum atomic E-state index is 14.3. The summed E-state index contributed by atoms with van der Waals surface area (Å²) in [6.07, 6.45) is 0. The van der Waals surface area contributed by atoms with Crippen molar-refractivity contribution < 1.29 is 8.78 Å². The summed E-state index contributed by atoms with van der Waals surface area (Å²) in [7, 11) is 0. The van der Waals surface area contributed by atoms with Gasteiger partial charge in [-0.2, -0.15) is 0 Å². The first kappa shape index (κ1) is 84.4. The van der Waals surface area contributed by atoms with Crippen molar-refractivity contribution in [3.05, 3.63) is 527 Å². The Balaban J connectivity index is 0.000000112. The molecule has 668 valence electrons. The van der Waals surface area contributed by atoms with E-state index in [1.165, 1.54) is 165 Å². The van der Waals surface area contributed by atoms with Gasteiger partial charge in [0.05, 0.1) is 39.7 Å². The zero-order valence-corrected chi connectivity index (χ0v) is 77.3. The quantitative estimate of drug-likeness (QED) is 0.0905. The molecule has 0 amide bonds. The number of nitrogens with zero attached hydrogens (tertiary/aromatic N) is 7. The van der Waals surface area contributed by atoms with Crippen LogP contribution in [0.1, 0.15) is 0 Å². The lowest BCUT2D eigenvalue weighted by Crippen LogP contribution is -1.98. The van der Waals surface area contributed by atoms with Gasteiger partial charge >= 0.3 is 0 Å². The van der Waals surface area contributed by atoms with Crippen molar-refractivity contribution in [1.82, 2.24) is 28.7 Å². The lowest BCUT2D eigenvalue weighted by atomic mass is 9.92. The summed E-state index contributed by atoms with van der Waals surface area (Å²) in [6.45, 7) is 7.68. The van der Waals surface area contributed by atoms with Gasteiger partial charge < -0.3 is 0 Å². The van der Waals surface area contributed by atoms with Gasteiger partial charge in [-0.1, -0.05) is 394 Å². The molecule has 28 rings (SSSR count). The van der Waals surface area contributed by atoms with Crippen LogP contribution in [-0.2, 0) is 0 Å². The predicted molar refractivity (Wildman–Crippen MR) is 593 cm³/mol. The standard InChI is InChI=1S/C56H33N3.2C39H25FN2/c1-57-40-26-31-55-54(34-40)58-56(37-20-18-35(19-21-37)38-24-29-50-46-14-4-2-10-42(46)44-12-6-8-16-48(44)52(50)32-38)59(55)41-27-22-36(23-28-41)39-25-30-51-47-15-5-3-11-43(47)45-13-7-9-17-49(45)53(51)33-39;40-31-21-24-38-37(25-31)41-39(30-17-15-28(16-18-30)35-13-5-9-26-7-1-3-11-33(26)35)42(38)32-22-19-29(20-23-32)36-14-6-10-27-8-2-4-12-34(27)36;40-35-19-22-38-37(25-35)41-39(30-13-9-28(10-14-30)33-15-11-26-5-1-3-7-31(26)23-33)42(38)36-20-17-29(18-21-36)34-16-12-27-6-2-4-8-32(27)24-34/h2-34H;2*1-25H. The topological polar surface area (TPSA) is 57.8 Å². The van der Waals surface area contributed by atoms with Gasteiger partial charge in [0.15, 0.2) is 5.69 Å². The summed E-state index contributed by atoms with van der Waals surface area (Å²) in [5, 5.41) is 25.0. The van der Waals surface area contributed by atoms with Crippen molar-refractivity contribution in [3.8, 4) is 118 Å². The average Bonchev–Trinajstić information content (AvgIpc) is 1.72. The summed E-state index contributed by atoms with van der Waals surface area (Å²) >= 11 is 0. The lowest BCUT2D eigenvalue weighted by molar-refractivity contribution is 0.629. The molecule has 0 saturated carbocycles. The Bertz CT molecular complexity index is 9910. The van der Waals surface area contributed by atoms with E-state index in [2.05, 4.69) is 467 Å². The summed E-state index contributed by atoms with van der Waals surface area (Å²) in [6, 6.07) is 175. The number of imidazole rings is 3. The molecule has 0 N–H and O–H groups in total. The van der Waals surface area contributed by atoms with E-state index >= 15 is 0 Å². The molecule has 0 fully saturated rings. The average molecular weight is 1830 g/mol. The first-order valence-electron chi connectivity index (χ1n) is 48.1. The second-order valence-corrected chi connectivity index (χ2v) is 36.6. The number of rotatable bonds is 12. The lowest BCUT2D eigenvalue weighted by Gasteiger charge is -2.14. The summed E-state index contributed by atoms with van der Waals surface area (Å²) in [4.78, 5) is 18.7. The smallest absolute Gasteiger partial charge is 0.189 e. The third-order valence-electron chi connectivity index (χ3n) is 28.3. The minimum atomic E-state index is -0.295. The summed E-state index contributed by atoms with van der Waals surface area (Å²) in [5.41, 5.74) is 25.1. The SMILES string of the molecule is Fc1ccc2c(c1)nc(-c1ccc(-c3ccc4ccccc4c3)cc1)n2-c1ccc(-c2ccc3ccccc3c2)cc1.Fc1ccc2c(c1)nc(-c1ccc(-c3cccc4ccccc34)cc1)n2-c1ccc(-c2cccc3ccccc23)cc1.[C-]#[N+]c1ccc2c(c1)nc(-c1ccc(-c3ccc4c5ccccc5c5ccccc5c4c3)cc1)n2-c1ccc(-c2ccc3c4ccccc4c4ccccc4c3c2)cc1. The highest BCUT2D eigenvalue weighted by molar-refractivity contribution is 6.27. The molecule has 0 radical (unpaired) electrons. The molecule has 0 aliphatic heterocycles. The Kier molecular flexibility index (Phi) is 20.9. The van der Waals surface area contributed by atoms with Gasteiger partial charge in [-0.15, -0.1) is 0 Å². The molecule has 25 aromatic carbocycles. The van der Waals surface area contributed by atoms with Crippen molar-refractivity contribution >= 4 is 147 Å². The van der Waals surface area contributed by atoms with Crippen molar-refractivity contribution in [2.75, 3.05) is 0 Å². The molecule has 3 heterocycles. The Morgan fingerprint density at radius 1 is 0.175 bits per heavy atom. The summed E-state index contributed by atoms with van der Waals surface area (Å²) < 4.78 is 35.0. The molecule has 7 nitrogen and oxygen atoms in total. The van der Waals surface area contributed by atoms with Crippen molar-refractivity contribution in [1.29, 1.82) is 0 Å². The van der Waals surface area contributed by atoms with Crippen LogP contribution in [0.5, 0.6) is 0 Å². The van der Waals surface area contributed by atoms with E-state index in [-0.39, 0.29) is 11.6 Å². The van der Waals surface area contributed by atoms with E-state index in [1.54, 1.807) is 0 Å². The number of aromatic nitrogens is 6. The van der Waals surface area contributed by atoms with Crippen LogP contribution in [0.3, 0.4) is 0 Å². The Morgan fingerprint density at radius 3 is 0.783 bits per heavy atom. The first-order valence-corrected chi connectivity index (χ1v) is 48.1. The maximum absolute atomic E-state index is 14.3. The van der Waals surface area contributed by atoms with Crippen molar-refractivity contribution in [2.45, 2.75) is 0 Å². The fraction of sp³-hybridized carbons (Fsp3) is 0. The minimum absolute atomic E-state index is 0.294. The Labute approximate surface area is 822 Å². The van der Waals surface area contributed by atoms with E-state index in [1.807, 2.05) is 30.3 Å². The summed E-state index contributed by atoms with van der Waals surface area (Å²) in [5.74, 6) is 1.80. The Morgan fingerprint density at radius 2 is 0.427 bits per heavy atom. The largest absolute Gasteiger partial charge is 0.292 e. The number of halogens is 2. The highest BCUT2D eigenvalue weighted by Crippen LogP contribution is 2.45. The van der Waals surface area contributed by atoms with E-state index in [4.69, 9.17) is 21.5 Å². The second kappa shape index (κ2) is 35.5. The maximum Gasteiger partial charge on any atom is 0.189 e. The molecule has 0 bridgehead atoms. The number of hydrogen-bond donors (Lipinski definition) is 0. The van der Waals surface area contributed by atoms with Crippen LogP contribution in [0.4, 0.5) is 14.5 Å². The van der Waals surface area contributed by atoms with E-state index in [9.17, 15) is 8.78 Å². The van der Waals surface area contributed by atoms with Crippen LogP contribution in [0, 0.1) is 18.2 Å². The highest BCUT2D eigenvalue weighted by Gasteiger charge is 2.23. The monoisotopic (exact) mass is 1830 g/mol. The normalized spacial score (nSPS) is 11.6. The Hall–Kier alpha value is -19.1. The molecule has 0 atom stereocenters. The molecule has 3 aromatic heterocycles. The zero-order valence-electron chi connectivity index (χ0n) is 77.3. The van der Waals surface area contributed by atoms with Crippen LogP contribution in [0.15, 0.2) is 504 Å². The molecular weight excluding hydrogens is 1750 g/mol. The molecule has 28 aromatic rings. The van der Waals surface area contributed by atoms with E-state index in [0.29, 0.717) is 16.7 Å². The third kappa shape index (κ3) is 15.4. The van der Waals surface area contributed by atoms with Crippen LogP contribution in [0.2, 0.25) is 0 Å². The predicted octanol–water partition coefficient (Wildman–Crippen LogP) is 36.4. The number of fused-ring (bicyclic) bond motifs is 19. The van der Waals surface area contributed by atoms with Crippen LogP contribution >= 0.6 is 0 Å². The van der Waals surface area contributed by atoms with Gasteiger partial charge in [0.25, 0.3) is 0 Å². The molecule has 0 unspecified atom stereocenters. The van der Waals surface area contributed by atoms with Gasteiger partial charge in [-0.05, 0) is 272 Å². The highest BCUT2D eigenvalue weighted by atomic mass is 19.1. The molecule has 143 heavy (non-hydrogen) atoms. The van der Waals surface area contributed by atoms with Crippen molar-refractivity contribution in [3.63, 3.8) is 0 Å². The van der Waals surface area contributed by atoms with Gasteiger partial charge in [-0.25, -0.2) is 28.6 Å². The van der Waals surface area contributed by atoms with E-state index < -0.39 is 0 Å². The minimum Gasteiger partial charge on any atom is -0.292 e. The van der Waals surface area contributed by atoms with Gasteiger partial charge in [0.1, 0.15) is 29.1 Å². The molecule has 0 saturated heterocycles. The van der Waals surface area contributed by atoms with Crippen molar-refractivity contribution in [2.24, 2.45) is 0 Å². The number of hydrogen-bond acceptors (Lipinski definition) is 3. The van der Waals surface area contributed by atoms with Gasteiger partial charge in [-0.3, -0.25) is 13.7 Å². The van der Waals surface area contributed by atoms with Crippen LogP contribution in [0.25, 0.3) is 264 Å². The fourth-order valence-corrected chi connectivity index (χ4v) is 21.3. The zero-order chi connectivity index (χ0) is 95.1. The number of benzene rings is 25. The molecule has 0 spiro atoms. The van der Waals surface area contributed by atoms with Crippen LogP contribution in [-0.4, -0.2) is 28.7 Å². The first-order chi connectivity index (χ1) is 70.6. The molecule has 0 aliphatic rings. The third-order valence-corrected chi connectivity index (χ3v) is 28.3.